The fourth-order valence-electron chi connectivity index (χ4n) is 1.79. The van der Waals surface area contributed by atoms with E-state index in [0.717, 1.165) is 0 Å². The number of benzene rings is 2. The highest BCUT2D eigenvalue weighted by Crippen LogP contribution is 2.35. The molecule has 7 heteroatoms. The number of aliphatic hydroxyl groups is 1. The fraction of sp³-hybridized carbons (Fsp3) is 0.143. The molecule has 0 radical (unpaired) electrons. The lowest BCUT2D eigenvalue weighted by atomic mass is 10.2. The van der Waals surface area contributed by atoms with Crippen molar-refractivity contribution in [1.82, 2.24) is 0 Å². The van der Waals surface area contributed by atoms with Crippen LogP contribution in [0, 0.1) is 10.1 Å². The van der Waals surface area contributed by atoms with Crippen LogP contribution in [0.1, 0.15) is 5.56 Å². The van der Waals surface area contributed by atoms with E-state index < -0.39 is 4.92 Å². The zero-order valence-corrected chi connectivity index (χ0v) is 11.8. The quantitative estimate of drug-likeness (QED) is 0.674. The minimum absolute atomic E-state index is 0.140. The molecule has 0 aliphatic heterocycles. The normalized spacial score (nSPS) is 10.2. The minimum atomic E-state index is -0.559. The number of ether oxygens (including phenoxy) is 2. The lowest BCUT2D eigenvalue weighted by Gasteiger charge is -2.11. The van der Waals surface area contributed by atoms with Crippen molar-refractivity contribution >= 4 is 17.3 Å². The summed E-state index contributed by atoms with van der Waals surface area (Å²) in [5, 5.41) is 20.6. The highest BCUT2D eigenvalue weighted by Gasteiger charge is 2.17. The maximum Gasteiger partial charge on any atom is 0.314 e. The van der Waals surface area contributed by atoms with E-state index in [1.807, 2.05) is 0 Å². The van der Waals surface area contributed by atoms with Crippen LogP contribution in [0.4, 0.5) is 5.69 Å². The standard InChI is InChI=1S/C14H12ClNO5/c1-20-14-6-5-9(7-12(14)16(18)19)21-13-4-2-3-11(15)10(13)8-17/h2-7,17H,8H2,1H3. The largest absolute Gasteiger partial charge is 0.490 e. The van der Waals surface area contributed by atoms with Crippen LogP contribution < -0.4 is 9.47 Å². The van der Waals surface area contributed by atoms with E-state index in [0.29, 0.717) is 16.3 Å². The predicted octanol–water partition coefficient (Wildman–Crippen LogP) is 3.54. The Morgan fingerprint density at radius 3 is 2.67 bits per heavy atom. The van der Waals surface area contributed by atoms with Crippen LogP contribution in [0.2, 0.25) is 5.02 Å². The molecule has 0 amide bonds. The SMILES string of the molecule is COc1ccc(Oc2cccc(Cl)c2CO)cc1[N+](=O)[O-]. The first-order valence-corrected chi connectivity index (χ1v) is 6.33. The molecule has 0 fully saturated rings. The Labute approximate surface area is 125 Å². The van der Waals surface area contributed by atoms with Gasteiger partial charge in [-0.3, -0.25) is 10.1 Å². The Morgan fingerprint density at radius 1 is 1.29 bits per heavy atom. The van der Waals surface area contributed by atoms with Crippen LogP contribution >= 0.6 is 11.6 Å². The highest BCUT2D eigenvalue weighted by atomic mass is 35.5. The average Bonchev–Trinajstić information content (AvgIpc) is 2.47. The van der Waals surface area contributed by atoms with E-state index in [1.165, 1.54) is 25.3 Å². The van der Waals surface area contributed by atoms with E-state index in [2.05, 4.69) is 0 Å². The molecule has 6 nitrogen and oxygen atoms in total. The van der Waals surface area contributed by atoms with Gasteiger partial charge in [-0.2, -0.15) is 0 Å². The third kappa shape index (κ3) is 3.24. The van der Waals surface area contributed by atoms with Gasteiger partial charge in [0, 0.05) is 10.6 Å². The van der Waals surface area contributed by atoms with Gasteiger partial charge in [0.25, 0.3) is 0 Å². The van der Waals surface area contributed by atoms with Crippen molar-refractivity contribution in [2.75, 3.05) is 7.11 Å². The number of methoxy groups -OCH3 is 1. The van der Waals surface area contributed by atoms with Crippen molar-refractivity contribution in [3.8, 4) is 17.2 Å². The number of hydrogen-bond donors (Lipinski definition) is 1. The summed E-state index contributed by atoms with van der Waals surface area (Å²) in [5.74, 6) is 0.727. The summed E-state index contributed by atoms with van der Waals surface area (Å²) in [6, 6.07) is 9.13. The van der Waals surface area contributed by atoms with Crippen molar-refractivity contribution in [3.63, 3.8) is 0 Å². The van der Waals surface area contributed by atoms with E-state index in [4.69, 9.17) is 21.1 Å². The van der Waals surface area contributed by atoms with Gasteiger partial charge in [-0.15, -0.1) is 0 Å². The first-order valence-electron chi connectivity index (χ1n) is 5.95. The van der Waals surface area contributed by atoms with Crippen molar-refractivity contribution in [2.45, 2.75) is 6.61 Å². The lowest BCUT2D eigenvalue weighted by Crippen LogP contribution is -1.96. The molecule has 0 unspecified atom stereocenters. The molecule has 0 aliphatic rings. The Morgan fingerprint density at radius 2 is 2.05 bits per heavy atom. The minimum Gasteiger partial charge on any atom is -0.490 e. The molecule has 1 N–H and O–H groups in total. The van der Waals surface area contributed by atoms with E-state index in [1.54, 1.807) is 18.2 Å². The second kappa shape index (κ2) is 6.43. The topological polar surface area (TPSA) is 81.8 Å². The molecule has 0 saturated carbocycles. The van der Waals surface area contributed by atoms with Gasteiger partial charge in [-0.1, -0.05) is 17.7 Å². The third-order valence-corrected chi connectivity index (χ3v) is 3.16. The van der Waals surface area contributed by atoms with Crippen LogP contribution in [-0.2, 0) is 6.61 Å². The number of nitro benzene ring substituents is 1. The zero-order chi connectivity index (χ0) is 15.4. The summed E-state index contributed by atoms with van der Waals surface area (Å²) in [7, 11) is 1.35. The molecule has 0 spiro atoms. The first-order chi connectivity index (χ1) is 10.1. The van der Waals surface area contributed by atoms with E-state index >= 15 is 0 Å². The van der Waals surface area contributed by atoms with Crippen LogP contribution in [0.5, 0.6) is 17.2 Å². The van der Waals surface area contributed by atoms with E-state index in [9.17, 15) is 15.2 Å². The van der Waals surface area contributed by atoms with Crippen LogP contribution in [0.15, 0.2) is 36.4 Å². The van der Waals surface area contributed by atoms with Crippen LogP contribution in [0.25, 0.3) is 0 Å². The van der Waals surface area contributed by atoms with Gasteiger partial charge in [0.1, 0.15) is 11.5 Å². The van der Waals surface area contributed by atoms with Gasteiger partial charge < -0.3 is 14.6 Å². The molecule has 0 bridgehead atoms. The number of nitro groups is 1. The Hall–Kier alpha value is -2.31. The first kappa shape index (κ1) is 15.1. The van der Waals surface area contributed by atoms with Gasteiger partial charge in [-0.25, -0.2) is 0 Å². The molecule has 2 rings (SSSR count). The van der Waals surface area contributed by atoms with Crippen molar-refractivity contribution in [1.29, 1.82) is 0 Å². The lowest BCUT2D eigenvalue weighted by molar-refractivity contribution is -0.385. The number of nitrogens with zero attached hydrogens (tertiary/aromatic N) is 1. The number of hydrogen-bond acceptors (Lipinski definition) is 5. The van der Waals surface area contributed by atoms with Crippen molar-refractivity contribution < 1.29 is 19.5 Å². The molecule has 21 heavy (non-hydrogen) atoms. The second-order valence-corrected chi connectivity index (χ2v) is 4.47. The summed E-state index contributed by atoms with van der Waals surface area (Å²) < 4.78 is 10.5. The third-order valence-electron chi connectivity index (χ3n) is 2.81. The monoisotopic (exact) mass is 309 g/mol. The molecule has 110 valence electrons. The van der Waals surface area contributed by atoms with Gasteiger partial charge in [-0.05, 0) is 24.3 Å². The van der Waals surface area contributed by atoms with Gasteiger partial charge >= 0.3 is 5.69 Å². The Balaban J connectivity index is 2.39. The summed E-state index contributed by atoms with van der Waals surface area (Å²) in [5.41, 5.74) is 0.209. The van der Waals surface area contributed by atoms with Crippen LogP contribution in [0.3, 0.4) is 0 Å². The molecule has 2 aromatic rings. The highest BCUT2D eigenvalue weighted by molar-refractivity contribution is 6.31. The molecule has 0 aromatic heterocycles. The summed E-state index contributed by atoms with van der Waals surface area (Å²) >= 11 is 5.96. The van der Waals surface area contributed by atoms with Crippen molar-refractivity contribution in [2.24, 2.45) is 0 Å². The molecular weight excluding hydrogens is 298 g/mol. The number of rotatable bonds is 5. The molecule has 0 aliphatic carbocycles. The smallest absolute Gasteiger partial charge is 0.314 e. The number of aliphatic hydroxyl groups excluding tert-OH is 1. The second-order valence-electron chi connectivity index (χ2n) is 4.07. The Kier molecular flexibility index (Phi) is 4.62. The van der Waals surface area contributed by atoms with Gasteiger partial charge in [0.15, 0.2) is 5.75 Å². The van der Waals surface area contributed by atoms with Crippen molar-refractivity contribution in [3.05, 3.63) is 57.1 Å². The Bertz CT molecular complexity index is 674. The predicted molar refractivity (Wildman–Crippen MR) is 77.1 cm³/mol. The molecule has 0 saturated heterocycles. The fourth-order valence-corrected chi connectivity index (χ4v) is 2.02. The summed E-state index contributed by atoms with van der Waals surface area (Å²) in [4.78, 5) is 10.4. The molecule has 2 aromatic carbocycles. The summed E-state index contributed by atoms with van der Waals surface area (Å²) in [6.45, 7) is -0.298. The summed E-state index contributed by atoms with van der Waals surface area (Å²) in [6.07, 6.45) is 0. The zero-order valence-electron chi connectivity index (χ0n) is 11.1. The number of halogens is 1. The van der Waals surface area contributed by atoms with Gasteiger partial charge in [0.2, 0.25) is 0 Å². The maximum atomic E-state index is 11.0. The molecule has 0 atom stereocenters. The average molecular weight is 310 g/mol. The molecule has 0 heterocycles. The van der Waals surface area contributed by atoms with Gasteiger partial charge in [0.05, 0.1) is 24.7 Å². The molecular formula is C14H12ClNO5. The maximum absolute atomic E-state index is 11.0. The van der Waals surface area contributed by atoms with Crippen LogP contribution in [-0.4, -0.2) is 17.1 Å². The van der Waals surface area contributed by atoms with E-state index in [-0.39, 0.29) is 23.8 Å².